The average Bonchev–Trinajstić information content (AvgIpc) is 2.61. The van der Waals surface area contributed by atoms with Crippen molar-refractivity contribution in [2.45, 2.75) is 31.4 Å². The third-order valence-electron chi connectivity index (χ3n) is 4.02. The Morgan fingerprint density at radius 3 is 2.32 bits per heavy atom. The van der Waals surface area contributed by atoms with Crippen molar-refractivity contribution in [1.29, 1.82) is 0 Å². The highest BCUT2D eigenvalue weighted by molar-refractivity contribution is 7.89. The minimum absolute atomic E-state index is 0.129. The minimum Gasteiger partial charge on any atom is -0.396 e. The molecule has 0 aromatic heterocycles. The Morgan fingerprint density at radius 2 is 1.72 bits per heavy atom. The zero-order chi connectivity index (χ0) is 18.3. The first-order chi connectivity index (χ1) is 11.9. The average molecular weight is 363 g/mol. The van der Waals surface area contributed by atoms with Crippen LogP contribution in [0.2, 0.25) is 0 Å². The number of rotatable bonds is 9. The number of aliphatic hydroxyl groups is 1. The Bertz CT molecular complexity index is 745. The van der Waals surface area contributed by atoms with Crippen LogP contribution in [0.15, 0.2) is 59.5 Å². The fourth-order valence-corrected chi connectivity index (χ4v) is 3.63. The van der Waals surface area contributed by atoms with Crippen LogP contribution in [0.5, 0.6) is 0 Å². The van der Waals surface area contributed by atoms with E-state index < -0.39 is 16.1 Å². The molecule has 2 atom stereocenters. The molecule has 2 aromatic rings. The summed E-state index contributed by atoms with van der Waals surface area (Å²) in [5.74, 6) is -0.268. The number of ether oxygens (including phenoxy) is 1. The van der Waals surface area contributed by atoms with Crippen molar-refractivity contribution in [2.24, 2.45) is 5.92 Å². The summed E-state index contributed by atoms with van der Waals surface area (Å²) < 4.78 is 33.4. The van der Waals surface area contributed by atoms with E-state index in [0.717, 1.165) is 11.1 Å². The SMILES string of the molecule is Cc1ccc(S(=O)(=O)N[C@H](COCc2ccccc2)[C@@H](C)CO)cc1. The van der Waals surface area contributed by atoms with Gasteiger partial charge in [-0.2, -0.15) is 0 Å². The first kappa shape index (κ1) is 19.6. The molecule has 0 aliphatic heterocycles. The molecule has 0 bridgehead atoms. The summed E-state index contributed by atoms with van der Waals surface area (Å²) in [6, 6.07) is 15.8. The molecular weight excluding hydrogens is 338 g/mol. The van der Waals surface area contributed by atoms with Gasteiger partial charge in [0.1, 0.15) is 0 Å². The zero-order valence-electron chi connectivity index (χ0n) is 14.6. The molecule has 0 saturated heterocycles. The number of hydrogen-bond acceptors (Lipinski definition) is 4. The second-order valence-electron chi connectivity index (χ2n) is 6.20. The summed E-state index contributed by atoms with van der Waals surface area (Å²) in [7, 11) is -3.67. The second kappa shape index (κ2) is 9.10. The molecule has 5 nitrogen and oxygen atoms in total. The van der Waals surface area contributed by atoms with Gasteiger partial charge in [0.15, 0.2) is 0 Å². The molecule has 6 heteroatoms. The van der Waals surface area contributed by atoms with Gasteiger partial charge in [0.2, 0.25) is 10.0 Å². The molecule has 2 N–H and O–H groups in total. The van der Waals surface area contributed by atoms with Crippen LogP contribution < -0.4 is 4.72 Å². The topological polar surface area (TPSA) is 75.6 Å². The fraction of sp³-hybridized carbons (Fsp3) is 0.368. The predicted octanol–water partition coefficient (Wildman–Crippen LogP) is 2.49. The monoisotopic (exact) mass is 363 g/mol. The molecule has 0 saturated carbocycles. The van der Waals surface area contributed by atoms with Gasteiger partial charge in [-0.05, 0) is 30.5 Å². The lowest BCUT2D eigenvalue weighted by molar-refractivity contribution is 0.0783. The van der Waals surface area contributed by atoms with Gasteiger partial charge >= 0.3 is 0 Å². The van der Waals surface area contributed by atoms with Crippen molar-refractivity contribution in [3.8, 4) is 0 Å². The lowest BCUT2D eigenvalue weighted by Gasteiger charge is -2.23. The second-order valence-corrected chi connectivity index (χ2v) is 7.92. The fourth-order valence-electron chi connectivity index (χ4n) is 2.30. The van der Waals surface area contributed by atoms with E-state index in [1.54, 1.807) is 31.2 Å². The molecule has 0 spiro atoms. The van der Waals surface area contributed by atoms with E-state index in [1.165, 1.54) is 0 Å². The van der Waals surface area contributed by atoms with E-state index in [-0.39, 0.29) is 24.0 Å². The first-order valence-electron chi connectivity index (χ1n) is 8.24. The van der Waals surface area contributed by atoms with Crippen molar-refractivity contribution < 1.29 is 18.3 Å². The normalized spacial score (nSPS) is 14.2. The molecule has 0 aliphatic carbocycles. The minimum atomic E-state index is -3.67. The highest BCUT2D eigenvalue weighted by atomic mass is 32.2. The van der Waals surface area contributed by atoms with Crippen LogP contribution in [-0.4, -0.2) is 32.8 Å². The number of nitrogens with one attached hydrogen (secondary N) is 1. The molecule has 0 amide bonds. The molecule has 0 aliphatic rings. The summed E-state index contributed by atoms with van der Waals surface area (Å²) in [6.45, 7) is 4.13. The van der Waals surface area contributed by atoms with E-state index in [1.807, 2.05) is 37.3 Å². The van der Waals surface area contributed by atoms with Crippen molar-refractivity contribution in [3.05, 3.63) is 65.7 Å². The van der Waals surface area contributed by atoms with Gasteiger partial charge < -0.3 is 9.84 Å². The summed E-state index contributed by atoms with van der Waals surface area (Å²) in [6.07, 6.45) is 0. The zero-order valence-corrected chi connectivity index (χ0v) is 15.4. The van der Waals surface area contributed by atoms with Gasteiger partial charge in [-0.15, -0.1) is 0 Å². The summed E-state index contributed by atoms with van der Waals surface area (Å²) in [5, 5.41) is 9.43. The Kier molecular flexibility index (Phi) is 7.13. The van der Waals surface area contributed by atoms with Crippen LogP contribution in [0.4, 0.5) is 0 Å². The highest BCUT2D eigenvalue weighted by Crippen LogP contribution is 2.14. The van der Waals surface area contributed by atoms with Crippen LogP contribution >= 0.6 is 0 Å². The molecule has 0 heterocycles. The molecule has 0 radical (unpaired) electrons. The van der Waals surface area contributed by atoms with E-state index in [2.05, 4.69) is 4.72 Å². The van der Waals surface area contributed by atoms with Gasteiger partial charge in [0.05, 0.1) is 24.2 Å². The van der Waals surface area contributed by atoms with Crippen LogP contribution in [0.1, 0.15) is 18.1 Å². The lowest BCUT2D eigenvalue weighted by atomic mass is 10.1. The van der Waals surface area contributed by atoms with Crippen molar-refractivity contribution in [1.82, 2.24) is 4.72 Å². The van der Waals surface area contributed by atoms with E-state index >= 15 is 0 Å². The van der Waals surface area contributed by atoms with Crippen LogP contribution in [-0.2, 0) is 21.4 Å². The molecule has 2 aromatic carbocycles. The summed E-state index contributed by atoms with van der Waals surface area (Å²) in [5.41, 5.74) is 2.00. The molecule has 136 valence electrons. The molecular formula is C19H25NO4S. The predicted molar refractivity (Wildman–Crippen MR) is 97.6 cm³/mol. The highest BCUT2D eigenvalue weighted by Gasteiger charge is 2.24. The number of sulfonamides is 1. The van der Waals surface area contributed by atoms with Gasteiger partial charge in [-0.1, -0.05) is 55.0 Å². The summed E-state index contributed by atoms with van der Waals surface area (Å²) in [4.78, 5) is 0.205. The van der Waals surface area contributed by atoms with Crippen molar-refractivity contribution in [3.63, 3.8) is 0 Å². The third-order valence-corrected chi connectivity index (χ3v) is 5.53. The van der Waals surface area contributed by atoms with E-state index in [9.17, 15) is 13.5 Å². The van der Waals surface area contributed by atoms with Gasteiger partial charge in [0.25, 0.3) is 0 Å². The van der Waals surface area contributed by atoms with Gasteiger partial charge in [-0.3, -0.25) is 0 Å². The summed E-state index contributed by atoms with van der Waals surface area (Å²) >= 11 is 0. The van der Waals surface area contributed by atoms with Gasteiger partial charge in [-0.25, -0.2) is 13.1 Å². The number of benzene rings is 2. The Hall–Kier alpha value is -1.73. The molecule has 2 rings (SSSR count). The van der Waals surface area contributed by atoms with Gasteiger partial charge in [0, 0.05) is 6.61 Å². The van der Waals surface area contributed by atoms with Crippen molar-refractivity contribution >= 4 is 10.0 Å². The third kappa shape index (κ3) is 5.93. The Labute approximate surface area is 149 Å². The smallest absolute Gasteiger partial charge is 0.240 e. The molecule has 0 unspecified atom stereocenters. The maximum absolute atomic E-state index is 12.6. The molecule has 25 heavy (non-hydrogen) atoms. The Morgan fingerprint density at radius 1 is 1.08 bits per heavy atom. The maximum Gasteiger partial charge on any atom is 0.240 e. The quantitative estimate of drug-likeness (QED) is 0.718. The van der Waals surface area contributed by atoms with E-state index in [4.69, 9.17) is 4.74 Å². The standard InChI is InChI=1S/C19H25NO4S/c1-15-8-10-18(11-9-15)25(22,23)20-19(16(2)12-21)14-24-13-17-6-4-3-5-7-17/h3-11,16,19-21H,12-14H2,1-2H3/t16-,19+/m0/s1. The largest absolute Gasteiger partial charge is 0.396 e. The van der Waals surface area contributed by atoms with Crippen LogP contribution in [0.3, 0.4) is 0 Å². The van der Waals surface area contributed by atoms with Crippen molar-refractivity contribution in [2.75, 3.05) is 13.2 Å². The number of aliphatic hydroxyl groups excluding tert-OH is 1. The number of hydrogen-bond donors (Lipinski definition) is 2. The van der Waals surface area contributed by atoms with Crippen LogP contribution in [0.25, 0.3) is 0 Å². The van der Waals surface area contributed by atoms with E-state index in [0.29, 0.717) is 6.61 Å². The first-order valence-corrected chi connectivity index (χ1v) is 9.72. The lowest BCUT2D eigenvalue weighted by Crippen LogP contribution is -2.43. The Balaban J connectivity index is 2.02. The number of aryl methyl sites for hydroxylation is 1. The molecule has 0 fully saturated rings. The maximum atomic E-state index is 12.6. The van der Waals surface area contributed by atoms with Crippen LogP contribution in [0, 0.1) is 12.8 Å².